The first-order valence-corrected chi connectivity index (χ1v) is 8.04. The summed E-state index contributed by atoms with van der Waals surface area (Å²) >= 11 is 0. The maximum absolute atomic E-state index is 5.51. The highest BCUT2D eigenvalue weighted by Gasteiger charge is 2.17. The molecule has 1 fully saturated rings. The highest BCUT2D eigenvalue weighted by Crippen LogP contribution is 2.35. The summed E-state index contributed by atoms with van der Waals surface area (Å²) in [6, 6.07) is 5.96. The van der Waals surface area contributed by atoms with Crippen molar-refractivity contribution in [1.82, 2.24) is 15.3 Å². The zero-order chi connectivity index (χ0) is 15.5. The molecule has 7 heteroatoms. The van der Waals surface area contributed by atoms with Gasteiger partial charge in [-0.25, -0.2) is 9.97 Å². The molecule has 4 rings (SSSR count). The lowest BCUT2D eigenvalue weighted by Crippen LogP contribution is -2.20. The van der Waals surface area contributed by atoms with Gasteiger partial charge in [-0.15, -0.1) is 12.4 Å². The molecular formula is C17H21ClN4O2. The third-order valence-corrected chi connectivity index (χ3v) is 4.20. The fourth-order valence-electron chi connectivity index (χ4n) is 2.99. The van der Waals surface area contributed by atoms with Crippen LogP contribution in [0, 0.1) is 0 Å². The van der Waals surface area contributed by atoms with Crippen LogP contribution in [-0.4, -0.2) is 29.9 Å². The molecule has 0 unspecified atom stereocenters. The second kappa shape index (κ2) is 7.68. The van der Waals surface area contributed by atoms with Crippen molar-refractivity contribution in [3.05, 3.63) is 41.7 Å². The van der Waals surface area contributed by atoms with Gasteiger partial charge in [0.25, 0.3) is 0 Å². The van der Waals surface area contributed by atoms with Gasteiger partial charge in [0.1, 0.15) is 0 Å². The minimum Gasteiger partial charge on any atom is -0.454 e. The van der Waals surface area contributed by atoms with Crippen molar-refractivity contribution in [2.75, 3.05) is 24.8 Å². The van der Waals surface area contributed by atoms with Gasteiger partial charge in [0.15, 0.2) is 11.5 Å². The van der Waals surface area contributed by atoms with Crippen molar-refractivity contribution in [1.29, 1.82) is 0 Å². The Bertz CT molecular complexity index is 675. The topological polar surface area (TPSA) is 59.5 Å². The number of nitrogens with zero attached hydrogens (tertiary/aromatic N) is 3. The van der Waals surface area contributed by atoms with E-state index in [1.54, 1.807) is 0 Å². The van der Waals surface area contributed by atoms with E-state index >= 15 is 0 Å². The Hall–Kier alpha value is -2.05. The summed E-state index contributed by atoms with van der Waals surface area (Å²) in [6.45, 7) is 3.89. The van der Waals surface area contributed by atoms with Crippen LogP contribution in [0.15, 0.2) is 30.6 Å². The highest BCUT2D eigenvalue weighted by molar-refractivity contribution is 5.85. The first-order chi connectivity index (χ1) is 11.4. The SMILES string of the molecule is Cl.c1cc(CNCc2cnc(N3CCCC3)nc2)c2c(c1)OCO2. The van der Waals surface area contributed by atoms with Gasteiger partial charge in [-0.3, -0.25) is 0 Å². The van der Waals surface area contributed by atoms with Gasteiger partial charge in [0, 0.05) is 49.7 Å². The number of ether oxygens (including phenoxy) is 2. The Morgan fingerprint density at radius 3 is 2.62 bits per heavy atom. The van der Waals surface area contributed by atoms with E-state index in [9.17, 15) is 0 Å². The number of hydrogen-bond acceptors (Lipinski definition) is 6. The van der Waals surface area contributed by atoms with E-state index < -0.39 is 0 Å². The molecule has 1 aromatic heterocycles. The van der Waals surface area contributed by atoms with Crippen LogP contribution in [0.1, 0.15) is 24.0 Å². The summed E-state index contributed by atoms with van der Waals surface area (Å²) in [7, 11) is 0. The van der Waals surface area contributed by atoms with E-state index in [1.165, 1.54) is 12.8 Å². The Kier molecular flexibility index (Phi) is 5.37. The van der Waals surface area contributed by atoms with Crippen LogP contribution in [0.2, 0.25) is 0 Å². The van der Waals surface area contributed by atoms with Crippen LogP contribution in [0.4, 0.5) is 5.95 Å². The van der Waals surface area contributed by atoms with Crippen molar-refractivity contribution >= 4 is 18.4 Å². The second-order valence-corrected chi connectivity index (χ2v) is 5.84. The maximum atomic E-state index is 5.51. The zero-order valence-electron chi connectivity index (χ0n) is 13.4. The van der Waals surface area contributed by atoms with Crippen LogP contribution in [0.3, 0.4) is 0 Å². The van der Waals surface area contributed by atoms with Crippen molar-refractivity contribution in [3.63, 3.8) is 0 Å². The van der Waals surface area contributed by atoms with Gasteiger partial charge in [0.2, 0.25) is 12.7 Å². The van der Waals surface area contributed by atoms with Crippen molar-refractivity contribution in [2.45, 2.75) is 25.9 Å². The Morgan fingerprint density at radius 2 is 1.83 bits per heavy atom. The molecular weight excluding hydrogens is 328 g/mol. The van der Waals surface area contributed by atoms with Crippen LogP contribution >= 0.6 is 12.4 Å². The molecule has 0 amide bonds. The Morgan fingerprint density at radius 1 is 1.04 bits per heavy atom. The van der Waals surface area contributed by atoms with Gasteiger partial charge in [-0.1, -0.05) is 12.1 Å². The third kappa shape index (κ3) is 3.55. The summed E-state index contributed by atoms with van der Waals surface area (Å²) in [4.78, 5) is 11.2. The molecule has 24 heavy (non-hydrogen) atoms. The number of para-hydroxylation sites is 1. The molecule has 2 aliphatic rings. The maximum Gasteiger partial charge on any atom is 0.231 e. The third-order valence-electron chi connectivity index (χ3n) is 4.20. The summed E-state index contributed by atoms with van der Waals surface area (Å²) in [6.07, 6.45) is 6.28. The van der Waals surface area contributed by atoms with Gasteiger partial charge < -0.3 is 19.7 Å². The van der Waals surface area contributed by atoms with Gasteiger partial charge in [-0.2, -0.15) is 0 Å². The molecule has 0 aliphatic carbocycles. The normalized spacial score (nSPS) is 15.4. The molecule has 0 saturated carbocycles. The number of hydrogen-bond donors (Lipinski definition) is 1. The first-order valence-electron chi connectivity index (χ1n) is 8.04. The predicted octanol–water partition coefficient (Wildman–Crippen LogP) is 2.52. The lowest BCUT2D eigenvalue weighted by molar-refractivity contribution is 0.173. The summed E-state index contributed by atoms with van der Waals surface area (Å²) in [5, 5.41) is 3.41. The number of fused-ring (bicyclic) bond motifs is 1. The number of aromatic nitrogens is 2. The van der Waals surface area contributed by atoms with E-state index in [0.29, 0.717) is 6.79 Å². The lowest BCUT2D eigenvalue weighted by Gasteiger charge is -2.14. The standard InChI is InChI=1S/C17H20N4O2.ClH/c1-2-7-21(6-1)17-19-9-13(10-20-17)8-18-11-14-4-3-5-15-16(14)23-12-22-15;/h3-5,9-10,18H,1-2,6-8,11-12H2;1H. The number of nitrogens with one attached hydrogen (secondary N) is 1. The molecule has 0 bridgehead atoms. The molecule has 3 heterocycles. The monoisotopic (exact) mass is 348 g/mol. The quantitative estimate of drug-likeness (QED) is 0.896. The van der Waals surface area contributed by atoms with E-state index in [4.69, 9.17) is 9.47 Å². The lowest BCUT2D eigenvalue weighted by atomic mass is 10.2. The average Bonchev–Trinajstić information content (AvgIpc) is 3.27. The molecule has 0 atom stereocenters. The molecule has 2 aromatic rings. The summed E-state index contributed by atoms with van der Waals surface area (Å²) in [5.74, 6) is 2.51. The van der Waals surface area contributed by atoms with Crippen molar-refractivity contribution in [2.24, 2.45) is 0 Å². The van der Waals surface area contributed by atoms with E-state index in [0.717, 1.165) is 54.8 Å². The fraction of sp³-hybridized carbons (Fsp3) is 0.412. The number of rotatable bonds is 5. The fourth-order valence-corrected chi connectivity index (χ4v) is 2.99. The number of halogens is 1. The second-order valence-electron chi connectivity index (χ2n) is 5.84. The highest BCUT2D eigenvalue weighted by atomic mass is 35.5. The van der Waals surface area contributed by atoms with Crippen molar-refractivity contribution in [3.8, 4) is 11.5 Å². The van der Waals surface area contributed by atoms with Gasteiger partial charge >= 0.3 is 0 Å². The molecule has 2 aliphatic heterocycles. The van der Waals surface area contributed by atoms with Gasteiger partial charge in [0.05, 0.1) is 0 Å². The average molecular weight is 349 g/mol. The van der Waals surface area contributed by atoms with Gasteiger partial charge in [-0.05, 0) is 18.9 Å². The smallest absolute Gasteiger partial charge is 0.231 e. The Labute approximate surface area is 147 Å². The first kappa shape index (κ1) is 16.8. The minimum atomic E-state index is 0. The zero-order valence-corrected chi connectivity index (χ0v) is 14.2. The molecule has 6 nitrogen and oxygen atoms in total. The molecule has 1 N–H and O–H groups in total. The van der Waals surface area contributed by atoms with Crippen LogP contribution in [0.25, 0.3) is 0 Å². The van der Waals surface area contributed by atoms with Crippen LogP contribution in [-0.2, 0) is 13.1 Å². The van der Waals surface area contributed by atoms with E-state index in [1.807, 2.05) is 30.6 Å². The molecule has 1 saturated heterocycles. The molecule has 128 valence electrons. The van der Waals surface area contributed by atoms with E-state index in [2.05, 4.69) is 20.2 Å². The Balaban J connectivity index is 0.00000169. The predicted molar refractivity (Wildman–Crippen MR) is 93.8 cm³/mol. The number of anilines is 1. The largest absolute Gasteiger partial charge is 0.454 e. The van der Waals surface area contributed by atoms with E-state index in [-0.39, 0.29) is 12.4 Å². The molecule has 0 spiro atoms. The van der Waals surface area contributed by atoms with Crippen LogP contribution < -0.4 is 19.7 Å². The van der Waals surface area contributed by atoms with Crippen molar-refractivity contribution < 1.29 is 9.47 Å². The number of benzene rings is 1. The minimum absolute atomic E-state index is 0. The molecule has 0 radical (unpaired) electrons. The summed E-state index contributed by atoms with van der Waals surface area (Å²) < 4.78 is 10.9. The van der Waals surface area contributed by atoms with Crippen LogP contribution in [0.5, 0.6) is 11.5 Å². The summed E-state index contributed by atoms with van der Waals surface area (Å²) in [5.41, 5.74) is 2.19. The molecule has 1 aromatic carbocycles.